The first kappa shape index (κ1) is 22.8. The van der Waals surface area contributed by atoms with E-state index in [0.29, 0.717) is 32.7 Å². The lowest BCUT2D eigenvalue weighted by molar-refractivity contribution is -0.142. The quantitative estimate of drug-likeness (QED) is 0.334. The van der Waals surface area contributed by atoms with Gasteiger partial charge in [-0.15, -0.1) is 0 Å². The molecular formula is C26H21Cl2N3O2. The van der Waals surface area contributed by atoms with E-state index >= 15 is 0 Å². The molecule has 1 unspecified atom stereocenters. The van der Waals surface area contributed by atoms with Crippen molar-refractivity contribution in [3.63, 3.8) is 0 Å². The molecule has 4 rings (SSSR count). The van der Waals surface area contributed by atoms with Crippen LogP contribution in [0.2, 0.25) is 10.0 Å². The number of rotatable bonds is 6. The van der Waals surface area contributed by atoms with Crippen molar-refractivity contribution in [2.45, 2.75) is 12.3 Å². The number of benzene rings is 3. The number of hydrogen-bond acceptors (Lipinski definition) is 5. The highest BCUT2D eigenvalue weighted by atomic mass is 35.5. The number of anilines is 1. The van der Waals surface area contributed by atoms with Gasteiger partial charge in [-0.3, -0.25) is 4.79 Å². The van der Waals surface area contributed by atoms with Crippen LogP contribution in [0.15, 0.2) is 78.9 Å². The molecular weight excluding hydrogens is 457 g/mol. The van der Waals surface area contributed by atoms with Crippen LogP contribution in [0, 0.1) is 0 Å². The number of esters is 1. The van der Waals surface area contributed by atoms with Crippen LogP contribution >= 0.6 is 23.2 Å². The zero-order valence-corrected chi connectivity index (χ0v) is 19.3. The van der Waals surface area contributed by atoms with Gasteiger partial charge in [0.2, 0.25) is 0 Å². The van der Waals surface area contributed by atoms with Gasteiger partial charge in [-0.1, -0.05) is 89.9 Å². The van der Waals surface area contributed by atoms with Gasteiger partial charge < -0.3 is 10.5 Å². The van der Waals surface area contributed by atoms with Crippen LogP contribution in [0.4, 0.5) is 5.82 Å². The van der Waals surface area contributed by atoms with E-state index in [-0.39, 0.29) is 12.2 Å². The molecule has 0 fully saturated rings. The van der Waals surface area contributed by atoms with Crippen molar-refractivity contribution in [1.82, 2.24) is 9.97 Å². The average molecular weight is 478 g/mol. The number of carbonyl (C=O) groups excluding carboxylic acids is 1. The summed E-state index contributed by atoms with van der Waals surface area (Å²) in [5.41, 5.74) is 9.91. The fourth-order valence-electron chi connectivity index (χ4n) is 3.75. The fourth-order valence-corrected chi connectivity index (χ4v) is 4.41. The zero-order chi connectivity index (χ0) is 23.4. The van der Waals surface area contributed by atoms with Gasteiger partial charge >= 0.3 is 5.97 Å². The monoisotopic (exact) mass is 477 g/mol. The number of nitrogens with two attached hydrogens (primary N) is 1. The van der Waals surface area contributed by atoms with E-state index in [2.05, 4.69) is 4.98 Å². The maximum atomic E-state index is 12.8. The van der Waals surface area contributed by atoms with Crippen molar-refractivity contribution < 1.29 is 9.53 Å². The Morgan fingerprint density at radius 1 is 0.879 bits per heavy atom. The van der Waals surface area contributed by atoms with Crippen LogP contribution in [-0.4, -0.2) is 23.0 Å². The Labute approximate surface area is 202 Å². The smallest absolute Gasteiger partial charge is 0.313 e. The van der Waals surface area contributed by atoms with Crippen LogP contribution in [0.1, 0.15) is 17.0 Å². The second kappa shape index (κ2) is 10.0. The predicted molar refractivity (Wildman–Crippen MR) is 132 cm³/mol. The maximum Gasteiger partial charge on any atom is 0.313 e. The number of nitrogen functional groups attached to an aromatic ring is 1. The summed E-state index contributed by atoms with van der Waals surface area (Å²) in [5, 5.41) is 0.749. The van der Waals surface area contributed by atoms with E-state index in [1.54, 1.807) is 18.2 Å². The minimum atomic E-state index is -0.785. The molecule has 4 aromatic rings. The lowest BCUT2D eigenvalue weighted by Crippen LogP contribution is -2.19. The van der Waals surface area contributed by atoms with Gasteiger partial charge in [0.15, 0.2) is 5.82 Å². The van der Waals surface area contributed by atoms with Gasteiger partial charge in [-0.25, -0.2) is 9.97 Å². The SMILES string of the molecule is COC(=O)C(Cc1c(N)nc(-c2ccccc2)nc1-c1ccccc1)c1c(Cl)cccc1Cl. The van der Waals surface area contributed by atoms with Crippen LogP contribution in [0.25, 0.3) is 22.6 Å². The van der Waals surface area contributed by atoms with Gasteiger partial charge in [-0.05, 0) is 18.6 Å². The summed E-state index contributed by atoms with van der Waals surface area (Å²) in [4.78, 5) is 22.2. The molecule has 7 heteroatoms. The number of aromatic nitrogens is 2. The van der Waals surface area contributed by atoms with Crippen molar-refractivity contribution in [2.75, 3.05) is 12.8 Å². The third-order valence-corrected chi connectivity index (χ3v) is 6.02. The molecule has 3 aromatic carbocycles. The number of ether oxygens (including phenoxy) is 1. The van der Waals surface area contributed by atoms with Crippen molar-refractivity contribution >= 4 is 35.0 Å². The molecule has 0 aliphatic rings. The number of methoxy groups -OCH3 is 1. The molecule has 0 bridgehead atoms. The second-order valence-electron chi connectivity index (χ2n) is 7.41. The van der Waals surface area contributed by atoms with E-state index in [1.165, 1.54) is 7.11 Å². The van der Waals surface area contributed by atoms with E-state index in [0.717, 1.165) is 11.1 Å². The second-order valence-corrected chi connectivity index (χ2v) is 8.22. The van der Waals surface area contributed by atoms with Gasteiger partial charge in [0, 0.05) is 32.3 Å². The highest BCUT2D eigenvalue weighted by Gasteiger charge is 2.29. The van der Waals surface area contributed by atoms with Crippen LogP contribution in [0.5, 0.6) is 0 Å². The molecule has 1 aromatic heterocycles. The van der Waals surface area contributed by atoms with E-state index < -0.39 is 11.9 Å². The summed E-state index contributed by atoms with van der Waals surface area (Å²) in [5.74, 6) is -0.483. The molecule has 1 heterocycles. The van der Waals surface area contributed by atoms with Crippen LogP contribution in [-0.2, 0) is 16.0 Å². The fraction of sp³-hybridized carbons (Fsp3) is 0.115. The molecule has 33 heavy (non-hydrogen) atoms. The Bertz CT molecular complexity index is 1260. The Hall–Kier alpha value is -3.41. The van der Waals surface area contributed by atoms with Gasteiger partial charge in [0.25, 0.3) is 0 Å². The first-order valence-electron chi connectivity index (χ1n) is 10.3. The predicted octanol–water partition coefficient (Wildman–Crippen LogP) is 6.20. The Kier molecular flexibility index (Phi) is 6.92. The summed E-state index contributed by atoms with van der Waals surface area (Å²) in [6.45, 7) is 0. The Morgan fingerprint density at radius 2 is 1.45 bits per heavy atom. The lowest BCUT2D eigenvalue weighted by Gasteiger charge is -2.20. The Morgan fingerprint density at radius 3 is 2.03 bits per heavy atom. The number of carbonyl (C=O) groups is 1. The lowest BCUT2D eigenvalue weighted by atomic mass is 9.90. The highest BCUT2D eigenvalue weighted by molar-refractivity contribution is 6.36. The summed E-state index contributed by atoms with van der Waals surface area (Å²) in [6.07, 6.45) is 0.168. The van der Waals surface area contributed by atoms with Crippen molar-refractivity contribution in [3.8, 4) is 22.6 Å². The molecule has 0 saturated heterocycles. The van der Waals surface area contributed by atoms with E-state index in [1.807, 2.05) is 60.7 Å². The highest BCUT2D eigenvalue weighted by Crippen LogP contribution is 2.38. The first-order valence-corrected chi connectivity index (χ1v) is 11.0. The zero-order valence-electron chi connectivity index (χ0n) is 17.8. The summed E-state index contributed by atoms with van der Waals surface area (Å²) in [6, 6.07) is 24.3. The maximum absolute atomic E-state index is 12.8. The Balaban J connectivity index is 1.89. The van der Waals surface area contributed by atoms with E-state index in [4.69, 9.17) is 38.7 Å². The third-order valence-electron chi connectivity index (χ3n) is 5.36. The summed E-state index contributed by atoms with van der Waals surface area (Å²) in [7, 11) is 1.33. The molecule has 0 spiro atoms. The number of halogens is 2. The number of nitrogens with zero attached hydrogens (tertiary/aromatic N) is 2. The first-order chi connectivity index (χ1) is 16.0. The number of hydrogen-bond donors (Lipinski definition) is 1. The standard InChI is InChI=1S/C26H21Cl2N3O2/c1-33-26(32)18(22-20(27)13-8-14-21(22)28)15-19-23(16-9-4-2-5-10-16)30-25(31-24(19)29)17-11-6-3-7-12-17/h2-14,18H,15H2,1H3,(H2,29,30,31). The van der Waals surface area contributed by atoms with Crippen molar-refractivity contribution in [2.24, 2.45) is 0 Å². The molecule has 0 radical (unpaired) electrons. The molecule has 0 aliphatic heterocycles. The van der Waals surface area contributed by atoms with Crippen LogP contribution in [0.3, 0.4) is 0 Å². The normalized spacial score (nSPS) is 11.7. The minimum Gasteiger partial charge on any atom is -0.469 e. The molecule has 5 nitrogen and oxygen atoms in total. The molecule has 0 saturated carbocycles. The minimum absolute atomic E-state index is 0.168. The van der Waals surface area contributed by atoms with Gasteiger partial charge in [-0.2, -0.15) is 0 Å². The van der Waals surface area contributed by atoms with Crippen molar-refractivity contribution in [1.29, 1.82) is 0 Å². The van der Waals surface area contributed by atoms with Crippen molar-refractivity contribution in [3.05, 3.63) is 100 Å². The largest absolute Gasteiger partial charge is 0.469 e. The molecule has 0 amide bonds. The summed E-state index contributed by atoms with van der Waals surface area (Å²) >= 11 is 12.9. The topological polar surface area (TPSA) is 78.1 Å². The summed E-state index contributed by atoms with van der Waals surface area (Å²) < 4.78 is 5.09. The van der Waals surface area contributed by atoms with Gasteiger partial charge in [0.1, 0.15) is 5.82 Å². The molecule has 0 aliphatic carbocycles. The van der Waals surface area contributed by atoms with E-state index in [9.17, 15) is 4.79 Å². The van der Waals surface area contributed by atoms with Crippen LogP contribution < -0.4 is 5.73 Å². The average Bonchev–Trinajstić information content (AvgIpc) is 2.84. The van der Waals surface area contributed by atoms with Gasteiger partial charge in [0.05, 0.1) is 18.7 Å². The molecule has 2 N–H and O–H groups in total. The third kappa shape index (κ3) is 4.85. The molecule has 1 atom stereocenters. The molecule has 166 valence electrons.